The van der Waals surface area contributed by atoms with Crippen molar-refractivity contribution in [3.05, 3.63) is 88.0 Å². The molecule has 1 fully saturated rings. The van der Waals surface area contributed by atoms with Crippen molar-refractivity contribution in [2.45, 2.75) is 38.3 Å². The Labute approximate surface area is 216 Å². The molecule has 0 spiro atoms. The van der Waals surface area contributed by atoms with Crippen molar-refractivity contribution in [1.82, 2.24) is 19.7 Å². The van der Waals surface area contributed by atoms with Gasteiger partial charge in [-0.1, -0.05) is 54.1 Å². The average Bonchev–Trinajstić information content (AvgIpc) is 3.52. The van der Waals surface area contributed by atoms with Crippen molar-refractivity contribution in [2.75, 3.05) is 31.1 Å². The second-order valence-electron chi connectivity index (χ2n) is 9.57. The van der Waals surface area contributed by atoms with Crippen LogP contribution in [0, 0.1) is 0 Å². The molecule has 4 aromatic rings. The predicted octanol–water partition coefficient (Wildman–Crippen LogP) is 6.10. The SMILES string of the molecule is Clc1ccc(CCN2CCC(c3nnc4n3CCN(Cc3ccccc3)c3sccc3-4)CC2)cc1. The zero-order valence-electron chi connectivity index (χ0n) is 19.8. The fraction of sp³-hybridized carbons (Fsp3) is 0.357. The van der Waals surface area contributed by atoms with E-state index in [0.717, 1.165) is 69.4 Å². The summed E-state index contributed by atoms with van der Waals surface area (Å²) >= 11 is 7.84. The molecule has 0 N–H and O–H groups in total. The number of fused-ring (bicyclic) bond motifs is 3. The van der Waals surface area contributed by atoms with E-state index in [1.807, 2.05) is 23.5 Å². The van der Waals surface area contributed by atoms with Gasteiger partial charge in [0.25, 0.3) is 0 Å². The highest BCUT2D eigenvalue weighted by molar-refractivity contribution is 7.14. The third-order valence-electron chi connectivity index (χ3n) is 7.34. The molecule has 0 radical (unpaired) electrons. The Kier molecular flexibility index (Phi) is 6.59. The first-order valence-corrected chi connectivity index (χ1v) is 13.8. The monoisotopic (exact) mass is 503 g/mol. The van der Waals surface area contributed by atoms with Crippen molar-refractivity contribution >= 4 is 27.9 Å². The molecule has 0 saturated carbocycles. The van der Waals surface area contributed by atoms with Crippen LogP contribution in [0.15, 0.2) is 66.0 Å². The summed E-state index contributed by atoms with van der Waals surface area (Å²) in [5.41, 5.74) is 3.92. The van der Waals surface area contributed by atoms with Crippen LogP contribution in [0.25, 0.3) is 11.4 Å². The Morgan fingerprint density at radius 3 is 2.46 bits per heavy atom. The van der Waals surface area contributed by atoms with Crippen molar-refractivity contribution in [3.63, 3.8) is 0 Å². The molecule has 2 aromatic carbocycles. The Morgan fingerprint density at radius 2 is 1.66 bits per heavy atom. The Hall–Kier alpha value is -2.67. The predicted molar refractivity (Wildman–Crippen MR) is 144 cm³/mol. The van der Waals surface area contributed by atoms with E-state index in [1.54, 1.807) is 0 Å². The van der Waals surface area contributed by atoms with Gasteiger partial charge in [-0.25, -0.2) is 0 Å². The fourth-order valence-electron chi connectivity index (χ4n) is 5.38. The number of anilines is 1. The lowest BCUT2D eigenvalue weighted by molar-refractivity contribution is 0.209. The van der Waals surface area contributed by atoms with Crippen molar-refractivity contribution in [2.24, 2.45) is 0 Å². The number of rotatable bonds is 6. The van der Waals surface area contributed by atoms with Gasteiger partial charge in [-0.3, -0.25) is 0 Å². The summed E-state index contributed by atoms with van der Waals surface area (Å²) in [5.74, 6) is 2.69. The first-order chi connectivity index (χ1) is 17.2. The molecule has 0 unspecified atom stereocenters. The van der Waals surface area contributed by atoms with Crippen molar-refractivity contribution < 1.29 is 0 Å². The van der Waals surface area contributed by atoms with E-state index in [9.17, 15) is 0 Å². The van der Waals surface area contributed by atoms with Crippen molar-refractivity contribution in [3.8, 4) is 11.4 Å². The van der Waals surface area contributed by atoms with Gasteiger partial charge in [0.2, 0.25) is 0 Å². The van der Waals surface area contributed by atoms with Crippen LogP contribution in [-0.4, -0.2) is 45.8 Å². The summed E-state index contributed by atoms with van der Waals surface area (Å²) < 4.78 is 2.41. The van der Waals surface area contributed by atoms with Gasteiger partial charge >= 0.3 is 0 Å². The Balaban J connectivity index is 1.13. The molecular formula is C28H30ClN5S. The number of hydrogen-bond acceptors (Lipinski definition) is 5. The van der Waals surface area contributed by atoms with Gasteiger partial charge in [0, 0.05) is 37.1 Å². The number of benzene rings is 2. The smallest absolute Gasteiger partial charge is 0.167 e. The lowest BCUT2D eigenvalue weighted by Gasteiger charge is -2.31. The first kappa shape index (κ1) is 22.8. The van der Waals surface area contributed by atoms with Crippen LogP contribution in [0.4, 0.5) is 5.00 Å². The number of likely N-dealkylation sites (tertiary alicyclic amines) is 1. The fourth-order valence-corrected chi connectivity index (χ4v) is 6.43. The average molecular weight is 504 g/mol. The van der Waals surface area contributed by atoms with E-state index in [4.69, 9.17) is 21.8 Å². The third kappa shape index (κ3) is 4.88. The maximum absolute atomic E-state index is 6.03. The molecule has 0 aliphatic carbocycles. The summed E-state index contributed by atoms with van der Waals surface area (Å²) in [6.07, 6.45) is 3.35. The van der Waals surface area contributed by atoms with Crippen molar-refractivity contribution in [1.29, 1.82) is 0 Å². The number of nitrogens with zero attached hydrogens (tertiary/aromatic N) is 5. The number of thiophene rings is 1. The second kappa shape index (κ2) is 10.1. The zero-order chi connectivity index (χ0) is 23.6. The molecule has 5 nitrogen and oxygen atoms in total. The van der Waals surface area contributed by atoms with Crippen LogP contribution >= 0.6 is 22.9 Å². The van der Waals surface area contributed by atoms with E-state index in [1.165, 1.54) is 27.5 Å². The minimum atomic E-state index is 0.478. The normalized spacial score (nSPS) is 16.7. The van der Waals surface area contributed by atoms with E-state index in [2.05, 4.69) is 68.3 Å². The molecule has 7 heteroatoms. The molecule has 2 aliphatic heterocycles. The van der Waals surface area contributed by atoms with Gasteiger partial charge in [-0.2, -0.15) is 0 Å². The number of piperidine rings is 1. The molecule has 2 aliphatic rings. The number of halogens is 1. The molecule has 1 saturated heterocycles. The molecule has 35 heavy (non-hydrogen) atoms. The molecule has 6 rings (SSSR count). The lowest BCUT2D eigenvalue weighted by Crippen LogP contribution is -2.35. The summed E-state index contributed by atoms with van der Waals surface area (Å²) in [7, 11) is 0. The Morgan fingerprint density at radius 1 is 0.857 bits per heavy atom. The topological polar surface area (TPSA) is 37.2 Å². The van der Waals surface area contributed by atoms with E-state index in [-0.39, 0.29) is 0 Å². The van der Waals surface area contributed by atoms with Crippen LogP contribution in [0.2, 0.25) is 5.02 Å². The summed E-state index contributed by atoms with van der Waals surface area (Å²) in [4.78, 5) is 5.09. The molecule has 0 bridgehead atoms. The standard InChI is InChI=1S/C28H30ClN5S/c29-24-8-6-21(7-9-24)10-14-32-15-11-23(12-16-32)26-30-31-27-25-13-19-35-28(25)33(17-18-34(26)27)20-22-4-2-1-3-5-22/h1-9,13,19,23H,10-12,14-18,20H2. The highest BCUT2D eigenvalue weighted by Crippen LogP contribution is 2.40. The minimum Gasteiger partial charge on any atom is -0.357 e. The van der Waals surface area contributed by atoms with Gasteiger partial charge in [0.15, 0.2) is 5.82 Å². The lowest BCUT2D eigenvalue weighted by atomic mass is 9.95. The molecule has 4 heterocycles. The summed E-state index contributed by atoms with van der Waals surface area (Å²) in [6, 6.07) is 21.2. The highest BCUT2D eigenvalue weighted by Gasteiger charge is 2.30. The maximum atomic E-state index is 6.03. The maximum Gasteiger partial charge on any atom is 0.167 e. The van der Waals surface area contributed by atoms with Crippen LogP contribution in [0.5, 0.6) is 0 Å². The number of aromatic nitrogens is 3. The largest absolute Gasteiger partial charge is 0.357 e. The Bertz CT molecular complexity index is 1260. The molecule has 0 amide bonds. The van der Waals surface area contributed by atoms with E-state index in [0.29, 0.717) is 5.92 Å². The highest BCUT2D eigenvalue weighted by atomic mass is 35.5. The molecule has 180 valence electrons. The molecule has 2 aromatic heterocycles. The van der Waals surface area contributed by atoms with Crippen LogP contribution in [0.1, 0.15) is 35.7 Å². The first-order valence-electron chi connectivity index (χ1n) is 12.5. The van der Waals surface area contributed by atoms with Crippen LogP contribution < -0.4 is 4.90 Å². The van der Waals surface area contributed by atoms with Crippen LogP contribution in [0.3, 0.4) is 0 Å². The quantitative estimate of drug-likeness (QED) is 0.318. The zero-order valence-corrected chi connectivity index (χ0v) is 21.4. The van der Waals surface area contributed by atoms with E-state index >= 15 is 0 Å². The number of hydrogen-bond donors (Lipinski definition) is 0. The molecule has 0 atom stereocenters. The van der Waals surface area contributed by atoms with Gasteiger partial charge in [-0.15, -0.1) is 21.5 Å². The molecular weight excluding hydrogens is 474 g/mol. The van der Waals surface area contributed by atoms with Gasteiger partial charge in [0.1, 0.15) is 10.8 Å². The van der Waals surface area contributed by atoms with Gasteiger partial charge in [0.05, 0.1) is 5.56 Å². The second-order valence-corrected chi connectivity index (χ2v) is 10.9. The summed E-state index contributed by atoms with van der Waals surface area (Å²) in [6.45, 7) is 6.16. The van der Waals surface area contributed by atoms with E-state index < -0.39 is 0 Å². The third-order valence-corrected chi connectivity index (χ3v) is 8.57. The minimum absolute atomic E-state index is 0.478. The van der Waals surface area contributed by atoms with Gasteiger partial charge < -0.3 is 14.4 Å². The van der Waals surface area contributed by atoms with Crippen LogP contribution in [-0.2, 0) is 19.5 Å². The summed E-state index contributed by atoms with van der Waals surface area (Å²) in [5, 5.41) is 13.8. The van der Waals surface area contributed by atoms with Gasteiger partial charge in [-0.05, 0) is 67.1 Å².